The molecule has 3 aromatic carbocycles. The van der Waals surface area contributed by atoms with Crippen molar-refractivity contribution in [1.82, 2.24) is 10.2 Å². The van der Waals surface area contributed by atoms with Crippen molar-refractivity contribution in [1.29, 1.82) is 0 Å². The number of sulfonamides is 1. The summed E-state index contributed by atoms with van der Waals surface area (Å²) in [7, 11) is -4.54. The zero-order chi connectivity index (χ0) is 32.7. The molecule has 0 aliphatic rings. The van der Waals surface area contributed by atoms with E-state index >= 15 is 0 Å². The van der Waals surface area contributed by atoms with Crippen LogP contribution < -0.4 is 9.62 Å². The Hall–Kier alpha value is -3.57. The highest BCUT2D eigenvalue weighted by molar-refractivity contribution is 7.92. The van der Waals surface area contributed by atoms with Gasteiger partial charge in [0.25, 0.3) is 10.0 Å². The predicted octanol–water partition coefficient (Wildman–Crippen LogP) is 6.48. The first-order chi connectivity index (χ1) is 20.6. The maximum atomic E-state index is 14.1. The van der Waals surface area contributed by atoms with E-state index in [9.17, 15) is 31.2 Å². The number of rotatable bonds is 13. The van der Waals surface area contributed by atoms with Crippen molar-refractivity contribution in [3.8, 4) is 0 Å². The predicted molar refractivity (Wildman–Crippen MR) is 166 cm³/mol. The molecule has 0 radical (unpaired) electrons. The summed E-state index contributed by atoms with van der Waals surface area (Å²) in [6, 6.07) is 16.7. The molecule has 0 bridgehead atoms. The number of aryl methyl sites for hydroxylation is 1. The van der Waals surface area contributed by atoms with Crippen LogP contribution in [-0.2, 0) is 32.2 Å². The van der Waals surface area contributed by atoms with Crippen molar-refractivity contribution in [2.24, 2.45) is 5.92 Å². The van der Waals surface area contributed by atoms with E-state index in [0.29, 0.717) is 23.3 Å². The van der Waals surface area contributed by atoms with E-state index in [4.69, 9.17) is 11.6 Å². The normalized spacial score (nSPS) is 12.6. The Balaban J connectivity index is 2.09. The second kappa shape index (κ2) is 14.9. The number of hydrogen-bond donors (Lipinski definition) is 1. The van der Waals surface area contributed by atoms with Crippen molar-refractivity contribution < 1.29 is 31.2 Å². The molecule has 3 aromatic rings. The molecule has 238 valence electrons. The lowest BCUT2D eigenvalue weighted by Crippen LogP contribution is -2.53. The molecule has 0 aliphatic carbocycles. The largest absolute Gasteiger partial charge is 0.417 e. The van der Waals surface area contributed by atoms with Gasteiger partial charge in [-0.05, 0) is 61.6 Å². The number of hydrogen-bond acceptors (Lipinski definition) is 4. The Morgan fingerprint density at radius 3 is 2.18 bits per heavy atom. The van der Waals surface area contributed by atoms with E-state index in [1.165, 1.54) is 17.0 Å². The molecule has 44 heavy (non-hydrogen) atoms. The Morgan fingerprint density at radius 1 is 0.977 bits per heavy atom. The van der Waals surface area contributed by atoms with E-state index < -0.39 is 56.9 Å². The minimum atomic E-state index is -4.88. The third-order valence-corrected chi connectivity index (χ3v) is 9.10. The lowest BCUT2D eigenvalue weighted by Gasteiger charge is -2.33. The van der Waals surface area contributed by atoms with Crippen molar-refractivity contribution >= 4 is 39.1 Å². The maximum absolute atomic E-state index is 14.1. The topological polar surface area (TPSA) is 86.8 Å². The number of anilines is 1. The maximum Gasteiger partial charge on any atom is 0.417 e. The van der Waals surface area contributed by atoms with Gasteiger partial charge in [-0.3, -0.25) is 13.9 Å². The van der Waals surface area contributed by atoms with Crippen LogP contribution in [0.15, 0.2) is 77.7 Å². The Kier molecular flexibility index (Phi) is 11.9. The fourth-order valence-electron chi connectivity index (χ4n) is 4.57. The molecular formula is C32H37ClF3N3O4S. The molecule has 2 amide bonds. The smallest absolute Gasteiger partial charge is 0.354 e. The van der Waals surface area contributed by atoms with Crippen LogP contribution >= 0.6 is 11.6 Å². The van der Waals surface area contributed by atoms with Gasteiger partial charge in [-0.1, -0.05) is 80.4 Å². The van der Waals surface area contributed by atoms with Crippen molar-refractivity contribution in [3.63, 3.8) is 0 Å². The number of carbonyl (C=O) groups is 2. The quantitative estimate of drug-likeness (QED) is 0.229. The Labute approximate surface area is 262 Å². The van der Waals surface area contributed by atoms with Gasteiger partial charge in [0.1, 0.15) is 12.6 Å². The van der Waals surface area contributed by atoms with E-state index in [2.05, 4.69) is 5.32 Å². The SMILES string of the molecule is CC[C@@H](C(=O)NCC(C)C)N(CCc1ccccc1)C(=O)CN(c1ccc(Cl)c(C(F)(F)F)c1)S(=O)(=O)c1ccc(C)cc1. The molecular weight excluding hydrogens is 615 g/mol. The lowest BCUT2D eigenvalue weighted by molar-refractivity contribution is -0.139. The molecule has 0 aliphatic heterocycles. The molecule has 1 N–H and O–H groups in total. The molecule has 7 nitrogen and oxygen atoms in total. The minimum Gasteiger partial charge on any atom is -0.354 e. The number of halogens is 4. The number of amides is 2. The summed E-state index contributed by atoms with van der Waals surface area (Å²) in [5.41, 5.74) is 0.0201. The summed E-state index contributed by atoms with van der Waals surface area (Å²) in [6.07, 6.45) is -4.28. The number of benzene rings is 3. The summed E-state index contributed by atoms with van der Waals surface area (Å²) in [5, 5.41) is 2.23. The first-order valence-corrected chi connectivity index (χ1v) is 16.0. The fourth-order valence-corrected chi connectivity index (χ4v) is 6.20. The minimum absolute atomic E-state index is 0.0727. The Morgan fingerprint density at radius 2 is 1.61 bits per heavy atom. The summed E-state index contributed by atoms with van der Waals surface area (Å²) < 4.78 is 69.9. The molecule has 0 saturated carbocycles. The third-order valence-electron chi connectivity index (χ3n) is 6.99. The van der Waals surface area contributed by atoms with Crippen LogP contribution in [0.2, 0.25) is 5.02 Å². The third kappa shape index (κ3) is 8.98. The van der Waals surface area contributed by atoms with E-state index in [1.807, 2.05) is 44.2 Å². The zero-order valence-corrected chi connectivity index (χ0v) is 26.6. The molecule has 1 atom stereocenters. The lowest BCUT2D eigenvalue weighted by atomic mass is 10.1. The van der Waals surface area contributed by atoms with Crippen LogP contribution in [-0.4, -0.2) is 50.8 Å². The number of alkyl halides is 3. The van der Waals surface area contributed by atoms with Gasteiger partial charge in [0, 0.05) is 13.1 Å². The van der Waals surface area contributed by atoms with Gasteiger partial charge < -0.3 is 10.2 Å². The van der Waals surface area contributed by atoms with Crippen LogP contribution in [0.1, 0.15) is 43.9 Å². The average Bonchev–Trinajstić information content (AvgIpc) is 2.97. The second-order valence-electron chi connectivity index (χ2n) is 10.9. The van der Waals surface area contributed by atoms with Crippen molar-refractivity contribution in [2.45, 2.75) is 57.7 Å². The zero-order valence-electron chi connectivity index (χ0n) is 25.1. The first kappa shape index (κ1) is 34.9. The molecule has 3 rings (SSSR count). The standard InChI is InChI=1S/C32H37ClF3N3O4S/c1-5-29(31(41)37-20-22(2)3)38(18-17-24-9-7-6-8-10-24)30(40)21-39(44(42,43)26-14-11-23(4)12-15-26)25-13-16-28(33)27(19-25)32(34,35)36/h6-16,19,22,29H,5,17-18,20-21H2,1-4H3,(H,37,41)/t29-/m0/s1. The van der Waals surface area contributed by atoms with Gasteiger partial charge in [0.2, 0.25) is 11.8 Å². The molecule has 12 heteroatoms. The summed E-state index contributed by atoms with van der Waals surface area (Å²) in [5.74, 6) is -0.999. The van der Waals surface area contributed by atoms with Gasteiger partial charge in [-0.25, -0.2) is 8.42 Å². The molecule has 0 spiro atoms. The van der Waals surface area contributed by atoms with Crippen molar-refractivity contribution in [2.75, 3.05) is 23.9 Å². The summed E-state index contributed by atoms with van der Waals surface area (Å²) >= 11 is 5.83. The van der Waals surface area contributed by atoms with Crippen LogP contribution in [0.25, 0.3) is 0 Å². The fraction of sp³-hybridized carbons (Fsp3) is 0.375. The average molecular weight is 652 g/mol. The van der Waals surface area contributed by atoms with Gasteiger partial charge in [0.05, 0.1) is 21.2 Å². The molecule has 0 saturated heterocycles. The van der Waals surface area contributed by atoms with E-state index in [1.54, 1.807) is 26.0 Å². The first-order valence-electron chi connectivity index (χ1n) is 14.2. The number of nitrogens with one attached hydrogen (secondary N) is 1. The highest BCUT2D eigenvalue weighted by Gasteiger charge is 2.37. The van der Waals surface area contributed by atoms with E-state index in [-0.39, 0.29) is 23.8 Å². The number of nitrogens with zero attached hydrogens (tertiary/aromatic N) is 2. The summed E-state index contributed by atoms with van der Waals surface area (Å²) in [6.45, 7) is 6.93. The molecule has 0 heterocycles. The highest BCUT2D eigenvalue weighted by Crippen LogP contribution is 2.38. The second-order valence-corrected chi connectivity index (χ2v) is 13.1. The highest BCUT2D eigenvalue weighted by atomic mass is 35.5. The summed E-state index contributed by atoms with van der Waals surface area (Å²) in [4.78, 5) is 28.4. The molecule has 0 aromatic heterocycles. The van der Waals surface area contributed by atoms with E-state index in [0.717, 1.165) is 23.3 Å². The van der Waals surface area contributed by atoms with Crippen LogP contribution in [0.4, 0.5) is 18.9 Å². The van der Waals surface area contributed by atoms with Crippen LogP contribution in [0, 0.1) is 12.8 Å². The van der Waals surface area contributed by atoms with Crippen LogP contribution in [0.5, 0.6) is 0 Å². The number of carbonyl (C=O) groups excluding carboxylic acids is 2. The van der Waals surface area contributed by atoms with Crippen LogP contribution in [0.3, 0.4) is 0 Å². The molecule has 0 unspecified atom stereocenters. The van der Waals surface area contributed by atoms with Gasteiger partial charge in [0.15, 0.2) is 0 Å². The van der Waals surface area contributed by atoms with Gasteiger partial charge in [-0.15, -0.1) is 0 Å². The Bertz CT molecular complexity index is 1530. The van der Waals surface area contributed by atoms with Crippen molar-refractivity contribution in [3.05, 3.63) is 94.5 Å². The van der Waals surface area contributed by atoms with Gasteiger partial charge >= 0.3 is 6.18 Å². The van der Waals surface area contributed by atoms with Gasteiger partial charge in [-0.2, -0.15) is 13.2 Å². The monoisotopic (exact) mass is 651 g/mol. The molecule has 0 fully saturated rings.